The number of nitrogens with zero attached hydrogens (tertiary/aromatic N) is 1. The van der Waals surface area contributed by atoms with E-state index < -0.39 is 0 Å². The second-order valence-corrected chi connectivity index (χ2v) is 23.0. The van der Waals surface area contributed by atoms with E-state index in [1.165, 1.54) is 61.2 Å². The first-order valence-electron chi connectivity index (χ1n) is 24.1. The second-order valence-electron chi connectivity index (χ2n) is 22.6. The van der Waals surface area contributed by atoms with Crippen LogP contribution < -0.4 is 0 Å². The van der Waals surface area contributed by atoms with Gasteiger partial charge in [-0.15, -0.1) is 0 Å². The number of aromatic nitrogens is 1. The molecule has 0 spiro atoms. The van der Waals surface area contributed by atoms with Crippen molar-refractivity contribution in [2.24, 2.45) is 11.3 Å². The van der Waals surface area contributed by atoms with Gasteiger partial charge in [0.15, 0.2) is 0 Å². The molecule has 1 heterocycles. The van der Waals surface area contributed by atoms with Crippen LogP contribution in [0.2, 0.25) is 5.02 Å². The van der Waals surface area contributed by atoms with Crippen LogP contribution in [-0.2, 0) is 10.8 Å². The number of rotatable bonds is 10. The van der Waals surface area contributed by atoms with Gasteiger partial charge in [-0.05, 0) is 151 Å². The highest BCUT2D eigenvalue weighted by Crippen LogP contribution is 2.52. The minimum atomic E-state index is -0.0103. The summed E-state index contributed by atoms with van der Waals surface area (Å²) in [5.74, 6) is 1.67. The first-order valence-corrected chi connectivity index (χ1v) is 24.5. The van der Waals surface area contributed by atoms with Crippen molar-refractivity contribution in [2.75, 3.05) is 0 Å². The van der Waals surface area contributed by atoms with E-state index in [-0.39, 0.29) is 22.2 Å². The van der Waals surface area contributed by atoms with Gasteiger partial charge in [-0.3, -0.25) is 4.98 Å². The van der Waals surface area contributed by atoms with Crippen LogP contribution in [0.5, 0.6) is 0 Å². The van der Waals surface area contributed by atoms with Crippen LogP contribution in [0.25, 0.3) is 33.5 Å². The standard InChI is InChI=1S/C62H73ClN2/c1-39(2)45-26-28-51(54(35-45)41-20-24-44(25-21-41)59-37-50(30-31-65-59)61(8,9)10)46-32-47(34-48(33-46)53-16-14-15-17-57(53)63)52-29-27-49(60(5,6)7)36-55(52)42-18-22-43(23-19-42)58(64)38-56(40(3)4)62(11,12)13/h14-31,35-40,46-48,64H,32-34H2,1-13H3/b56-38+,64-58?. The molecule has 3 heteroatoms. The molecule has 3 unspecified atom stereocenters. The minimum absolute atomic E-state index is 0.00108. The Labute approximate surface area is 397 Å². The van der Waals surface area contributed by atoms with Crippen LogP contribution in [0.15, 0.2) is 139 Å². The quantitative estimate of drug-likeness (QED) is 0.137. The monoisotopic (exact) mass is 881 g/mol. The first-order chi connectivity index (χ1) is 30.6. The molecule has 1 aliphatic rings. The molecule has 0 bridgehead atoms. The number of hydrogen-bond donors (Lipinski definition) is 1. The van der Waals surface area contributed by atoms with Crippen molar-refractivity contribution in [1.82, 2.24) is 4.98 Å². The van der Waals surface area contributed by atoms with Gasteiger partial charge in [-0.1, -0.05) is 210 Å². The average Bonchev–Trinajstić information content (AvgIpc) is 3.26. The Morgan fingerprint density at radius 1 is 0.585 bits per heavy atom. The predicted octanol–water partition coefficient (Wildman–Crippen LogP) is 18.3. The fourth-order valence-corrected chi connectivity index (χ4v) is 10.5. The molecule has 2 nitrogen and oxygen atoms in total. The maximum absolute atomic E-state index is 9.16. The molecule has 3 atom stereocenters. The number of nitrogens with one attached hydrogen (secondary N) is 1. The molecule has 0 aliphatic heterocycles. The van der Waals surface area contributed by atoms with E-state index in [0.717, 1.165) is 41.1 Å². The molecule has 7 rings (SSSR count). The van der Waals surface area contributed by atoms with E-state index in [9.17, 15) is 0 Å². The van der Waals surface area contributed by atoms with Gasteiger partial charge in [0.1, 0.15) is 0 Å². The SMILES string of the molecule is CC(C)/C(=C\C(=N)c1ccc(-c2cc(C(C)(C)C)ccc2C2CC(c3ccccc3Cl)CC(c3ccc(C(C)C)cc3-c3ccc(-c4cc(C(C)(C)C)ccn4)cc3)C2)cc1)C(C)(C)C. The lowest BCUT2D eigenvalue weighted by Crippen LogP contribution is -2.21. The topological polar surface area (TPSA) is 36.7 Å². The van der Waals surface area contributed by atoms with Crippen LogP contribution in [0.1, 0.15) is 172 Å². The molecule has 5 aromatic carbocycles. The smallest absolute Gasteiger partial charge is 0.0704 e. The molecule has 1 aliphatic carbocycles. The first kappa shape index (κ1) is 47.9. The summed E-state index contributed by atoms with van der Waals surface area (Å²) in [5.41, 5.74) is 18.1. The summed E-state index contributed by atoms with van der Waals surface area (Å²) in [6.45, 7) is 29.5. The molecular formula is C62H73ClN2. The highest BCUT2D eigenvalue weighted by Gasteiger charge is 2.35. The molecule has 1 N–H and O–H groups in total. The molecule has 0 amide bonds. The zero-order valence-corrected chi connectivity index (χ0v) is 42.3. The van der Waals surface area contributed by atoms with Crippen LogP contribution in [-0.4, -0.2) is 10.7 Å². The summed E-state index contributed by atoms with van der Waals surface area (Å²) in [6.07, 6.45) is 7.14. The van der Waals surface area contributed by atoms with E-state index in [1.54, 1.807) is 0 Å². The molecule has 0 radical (unpaired) electrons. The summed E-state index contributed by atoms with van der Waals surface area (Å²) in [7, 11) is 0. The van der Waals surface area contributed by atoms with Gasteiger partial charge in [0.05, 0.1) is 11.4 Å². The van der Waals surface area contributed by atoms with Gasteiger partial charge in [0.2, 0.25) is 0 Å². The Hall–Kier alpha value is -5.05. The summed E-state index contributed by atoms with van der Waals surface area (Å²) < 4.78 is 0. The highest BCUT2D eigenvalue weighted by atomic mass is 35.5. The van der Waals surface area contributed by atoms with Crippen molar-refractivity contribution >= 4 is 17.3 Å². The van der Waals surface area contributed by atoms with E-state index in [2.05, 4.69) is 217 Å². The fourth-order valence-electron chi connectivity index (χ4n) is 10.2. The van der Waals surface area contributed by atoms with Crippen molar-refractivity contribution in [3.05, 3.63) is 183 Å². The van der Waals surface area contributed by atoms with Crippen LogP contribution >= 0.6 is 11.6 Å². The third-order valence-electron chi connectivity index (χ3n) is 14.0. The Balaban J connectivity index is 1.32. The normalized spacial score (nSPS) is 17.5. The lowest BCUT2D eigenvalue weighted by atomic mass is 9.66. The van der Waals surface area contributed by atoms with Gasteiger partial charge < -0.3 is 5.41 Å². The van der Waals surface area contributed by atoms with Gasteiger partial charge in [-0.2, -0.15) is 0 Å². The molecular weight excluding hydrogens is 808 g/mol. The summed E-state index contributed by atoms with van der Waals surface area (Å²) in [5, 5.41) is 10.0. The lowest BCUT2D eigenvalue weighted by molar-refractivity contribution is 0.352. The van der Waals surface area contributed by atoms with Gasteiger partial charge in [0, 0.05) is 16.8 Å². The lowest BCUT2D eigenvalue weighted by Gasteiger charge is -2.38. The molecule has 1 fully saturated rings. The Bertz CT molecular complexity index is 2660. The predicted molar refractivity (Wildman–Crippen MR) is 281 cm³/mol. The third-order valence-corrected chi connectivity index (χ3v) is 14.4. The van der Waals surface area contributed by atoms with E-state index in [0.29, 0.717) is 29.4 Å². The molecule has 0 saturated heterocycles. The number of benzene rings is 5. The molecule has 1 aromatic heterocycles. The minimum Gasteiger partial charge on any atom is -0.300 e. The molecule has 338 valence electrons. The number of pyridine rings is 1. The molecule has 6 aromatic rings. The molecule has 65 heavy (non-hydrogen) atoms. The zero-order chi connectivity index (χ0) is 47.0. The van der Waals surface area contributed by atoms with Crippen molar-refractivity contribution in [3.8, 4) is 33.5 Å². The Morgan fingerprint density at radius 2 is 1.09 bits per heavy atom. The molecule has 1 saturated carbocycles. The Kier molecular flexibility index (Phi) is 14.0. The van der Waals surface area contributed by atoms with E-state index in [4.69, 9.17) is 22.0 Å². The fraction of sp³-hybridized carbons (Fsp3) is 0.387. The second kappa shape index (κ2) is 19.0. The zero-order valence-electron chi connectivity index (χ0n) is 41.5. The number of hydrogen-bond acceptors (Lipinski definition) is 2. The van der Waals surface area contributed by atoms with Crippen molar-refractivity contribution in [2.45, 2.75) is 144 Å². The van der Waals surface area contributed by atoms with Gasteiger partial charge >= 0.3 is 0 Å². The highest BCUT2D eigenvalue weighted by molar-refractivity contribution is 6.31. The van der Waals surface area contributed by atoms with E-state index in [1.807, 2.05) is 6.20 Å². The van der Waals surface area contributed by atoms with Gasteiger partial charge in [-0.25, -0.2) is 0 Å². The maximum atomic E-state index is 9.16. The number of halogens is 1. The Morgan fingerprint density at radius 3 is 1.63 bits per heavy atom. The summed E-state index contributed by atoms with van der Waals surface area (Å²) in [6, 6.07) is 45.4. The summed E-state index contributed by atoms with van der Waals surface area (Å²) in [4.78, 5) is 4.80. The van der Waals surface area contributed by atoms with Crippen molar-refractivity contribution < 1.29 is 0 Å². The van der Waals surface area contributed by atoms with Crippen LogP contribution in [0, 0.1) is 16.7 Å². The maximum Gasteiger partial charge on any atom is 0.0704 e. The van der Waals surface area contributed by atoms with E-state index >= 15 is 0 Å². The van der Waals surface area contributed by atoms with Crippen LogP contribution in [0.4, 0.5) is 0 Å². The summed E-state index contributed by atoms with van der Waals surface area (Å²) >= 11 is 7.11. The largest absolute Gasteiger partial charge is 0.300 e. The third kappa shape index (κ3) is 11.0. The van der Waals surface area contributed by atoms with Crippen LogP contribution in [0.3, 0.4) is 0 Å². The number of allylic oxidation sites excluding steroid dienone is 2. The average molecular weight is 882 g/mol. The van der Waals surface area contributed by atoms with Gasteiger partial charge in [0.25, 0.3) is 0 Å². The van der Waals surface area contributed by atoms with Crippen molar-refractivity contribution in [3.63, 3.8) is 0 Å². The van der Waals surface area contributed by atoms with Crippen molar-refractivity contribution in [1.29, 1.82) is 5.41 Å².